The number of aryl methyl sites for hydroxylation is 1. The van der Waals surface area contributed by atoms with E-state index in [1.807, 2.05) is 36.4 Å². The minimum Gasteiger partial charge on any atom is -0.493 e. The number of benzene rings is 3. The lowest BCUT2D eigenvalue weighted by atomic mass is 9.83. The number of para-hydroxylation sites is 1. The molecule has 0 amide bonds. The molecule has 0 radical (unpaired) electrons. The summed E-state index contributed by atoms with van der Waals surface area (Å²) in [7, 11) is 0. The zero-order chi connectivity index (χ0) is 21.6. The molecule has 1 aliphatic carbocycles. The van der Waals surface area contributed by atoms with Crippen LogP contribution in [0.4, 0.5) is 0 Å². The summed E-state index contributed by atoms with van der Waals surface area (Å²) in [5, 5.41) is 0. The maximum absolute atomic E-state index is 6.56. The Balaban J connectivity index is 1.33. The minimum atomic E-state index is 0.0747. The van der Waals surface area contributed by atoms with Crippen LogP contribution in [-0.2, 0) is 11.2 Å². The predicted molar refractivity (Wildman–Crippen MR) is 130 cm³/mol. The second-order valence-corrected chi connectivity index (χ2v) is 8.35. The molecule has 1 heterocycles. The van der Waals surface area contributed by atoms with Gasteiger partial charge in [0.1, 0.15) is 17.6 Å². The Morgan fingerprint density at radius 1 is 0.750 bits per heavy atom. The largest absolute Gasteiger partial charge is 0.493 e. The summed E-state index contributed by atoms with van der Waals surface area (Å²) >= 11 is 0. The Hall–Kier alpha value is -3.52. The highest BCUT2D eigenvalue weighted by Crippen LogP contribution is 2.41. The summed E-state index contributed by atoms with van der Waals surface area (Å²) in [6, 6.07) is 31.2. The van der Waals surface area contributed by atoms with Gasteiger partial charge in [-0.2, -0.15) is 0 Å². The highest BCUT2D eigenvalue weighted by Gasteiger charge is 2.34. The quantitative estimate of drug-likeness (QED) is 0.390. The molecule has 5 rings (SSSR count). The van der Waals surface area contributed by atoms with Crippen LogP contribution >= 0.6 is 0 Å². The van der Waals surface area contributed by atoms with Gasteiger partial charge >= 0.3 is 0 Å². The van der Waals surface area contributed by atoms with Gasteiger partial charge in [0, 0.05) is 17.9 Å². The third-order valence-electron chi connectivity index (χ3n) is 6.20. The van der Waals surface area contributed by atoms with Crippen LogP contribution in [0.3, 0.4) is 0 Å². The molecule has 32 heavy (non-hydrogen) atoms. The Labute approximate surface area is 190 Å². The second kappa shape index (κ2) is 9.74. The number of allylic oxidation sites excluding steroid dienone is 1. The average Bonchev–Trinajstić information content (AvgIpc) is 3.31. The summed E-state index contributed by atoms with van der Waals surface area (Å²) in [6.45, 7) is 0.656. The Kier molecular flexibility index (Phi) is 6.20. The van der Waals surface area contributed by atoms with Crippen LogP contribution in [0.2, 0.25) is 0 Å². The predicted octanol–water partition coefficient (Wildman–Crippen LogP) is 7.01. The van der Waals surface area contributed by atoms with Crippen molar-refractivity contribution in [2.75, 3.05) is 6.61 Å². The first-order chi connectivity index (χ1) is 15.9. The molecule has 2 aliphatic rings. The fourth-order valence-corrected chi connectivity index (χ4v) is 4.49. The number of fused-ring (bicyclic) bond motifs is 1. The van der Waals surface area contributed by atoms with E-state index in [9.17, 15) is 0 Å². The molecule has 2 nitrogen and oxygen atoms in total. The third kappa shape index (κ3) is 4.70. The average molecular weight is 421 g/mol. The summed E-state index contributed by atoms with van der Waals surface area (Å²) in [5.41, 5.74) is 5.13. The smallest absolute Gasteiger partial charge is 0.130 e. The van der Waals surface area contributed by atoms with Gasteiger partial charge in [0.15, 0.2) is 0 Å². The van der Waals surface area contributed by atoms with Crippen molar-refractivity contribution in [3.8, 4) is 5.75 Å². The molecule has 0 saturated carbocycles. The molecule has 160 valence electrons. The van der Waals surface area contributed by atoms with E-state index >= 15 is 0 Å². The molecule has 0 spiro atoms. The van der Waals surface area contributed by atoms with E-state index in [1.54, 1.807) is 0 Å². The Morgan fingerprint density at radius 2 is 1.44 bits per heavy atom. The van der Waals surface area contributed by atoms with Gasteiger partial charge in [0.25, 0.3) is 0 Å². The fourth-order valence-electron chi connectivity index (χ4n) is 4.49. The van der Waals surface area contributed by atoms with Crippen LogP contribution in [-0.4, -0.2) is 12.7 Å². The molecule has 2 atom stereocenters. The van der Waals surface area contributed by atoms with E-state index in [2.05, 4.69) is 72.8 Å². The van der Waals surface area contributed by atoms with Gasteiger partial charge in [0.05, 0.1) is 6.61 Å². The topological polar surface area (TPSA) is 18.5 Å². The molecule has 0 bridgehead atoms. The summed E-state index contributed by atoms with van der Waals surface area (Å²) in [4.78, 5) is 0. The van der Waals surface area contributed by atoms with Gasteiger partial charge in [-0.1, -0.05) is 91.0 Å². The lowest BCUT2D eigenvalue weighted by Gasteiger charge is -2.27. The minimum absolute atomic E-state index is 0.0747. The van der Waals surface area contributed by atoms with Crippen molar-refractivity contribution in [1.29, 1.82) is 0 Å². The van der Waals surface area contributed by atoms with Crippen LogP contribution in [0.25, 0.3) is 5.76 Å². The van der Waals surface area contributed by atoms with Crippen LogP contribution in [0, 0.1) is 5.92 Å². The lowest BCUT2D eigenvalue weighted by molar-refractivity contribution is 0.167. The van der Waals surface area contributed by atoms with Gasteiger partial charge in [0.2, 0.25) is 0 Å². The first-order valence-electron chi connectivity index (χ1n) is 11.4. The van der Waals surface area contributed by atoms with E-state index in [4.69, 9.17) is 9.47 Å². The lowest BCUT2D eigenvalue weighted by Crippen LogP contribution is -2.24. The van der Waals surface area contributed by atoms with Crippen molar-refractivity contribution in [3.63, 3.8) is 0 Å². The molecule has 2 unspecified atom stereocenters. The molecule has 0 fully saturated rings. The van der Waals surface area contributed by atoms with E-state index in [1.165, 1.54) is 16.7 Å². The van der Waals surface area contributed by atoms with Crippen molar-refractivity contribution in [2.45, 2.75) is 25.4 Å². The zero-order valence-electron chi connectivity index (χ0n) is 18.2. The number of hydrogen-bond acceptors (Lipinski definition) is 2. The first kappa shape index (κ1) is 20.4. The maximum atomic E-state index is 6.56. The Bertz CT molecular complexity index is 1110. The van der Waals surface area contributed by atoms with Gasteiger partial charge in [-0.25, -0.2) is 0 Å². The van der Waals surface area contributed by atoms with Crippen LogP contribution in [0.1, 0.15) is 24.0 Å². The highest BCUT2D eigenvalue weighted by molar-refractivity contribution is 5.68. The standard InChI is InChI=1S/C30H28O2/c1-4-10-23(11-5-1)16-17-26-19-18-24(20-21-31-27-14-8-3-9-15-27)28-22-29(32-30(26)28)25-12-6-2-7-13-25/h1-15,18-19,22,26,30H,16-17,20-21H2. The van der Waals surface area contributed by atoms with Crippen molar-refractivity contribution in [1.82, 2.24) is 0 Å². The molecule has 0 saturated heterocycles. The molecule has 2 heteroatoms. The van der Waals surface area contributed by atoms with Crippen molar-refractivity contribution in [2.24, 2.45) is 5.92 Å². The van der Waals surface area contributed by atoms with E-state index < -0.39 is 0 Å². The normalized spacial score (nSPS) is 19.3. The van der Waals surface area contributed by atoms with Crippen LogP contribution in [0.5, 0.6) is 5.75 Å². The van der Waals surface area contributed by atoms with Gasteiger partial charge in [-0.15, -0.1) is 0 Å². The molecular formula is C30H28O2. The Morgan fingerprint density at radius 3 is 2.19 bits per heavy atom. The summed E-state index contributed by atoms with van der Waals surface area (Å²) in [6.07, 6.45) is 9.95. The number of rotatable bonds is 8. The monoisotopic (exact) mass is 420 g/mol. The third-order valence-corrected chi connectivity index (χ3v) is 6.20. The van der Waals surface area contributed by atoms with E-state index in [0.717, 1.165) is 36.3 Å². The zero-order valence-corrected chi connectivity index (χ0v) is 18.2. The van der Waals surface area contributed by atoms with E-state index in [-0.39, 0.29) is 6.10 Å². The van der Waals surface area contributed by atoms with Crippen molar-refractivity contribution in [3.05, 3.63) is 131 Å². The molecule has 1 aliphatic heterocycles. The van der Waals surface area contributed by atoms with Crippen molar-refractivity contribution < 1.29 is 9.47 Å². The summed E-state index contributed by atoms with van der Waals surface area (Å²) < 4.78 is 12.5. The molecule has 3 aromatic rings. The van der Waals surface area contributed by atoms with E-state index in [0.29, 0.717) is 12.5 Å². The molecule has 0 N–H and O–H groups in total. The van der Waals surface area contributed by atoms with Gasteiger partial charge < -0.3 is 9.47 Å². The van der Waals surface area contributed by atoms with Gasteiger partial charge in [-0.3, -0.25) is 0 Å². The summed E-state index contributed by atoms with van der Waals surface area (Å²) in [5.74, 6) is 2.25. The molecule has 3 aromatic carbocycles. The number of hydrogen-bond donors (Lipinski definition) is 0. The molecular weight excluding hydrogens is 392 g/mol. The fraction of sp³-hybridized carbons (Fsp3) is 0.200. The maximum Gasteiger partial charge on any atom is 0.130 e. The van der Waals surface area contributed by atoms with Crippen LogP contribution in [0.15, 0.2) is 120 Å². The van der Waals surface area contributed by atoms with Crippen LogP contribution < -0.4 is 4.74 Å². The molecule has 0 aromatic heterocycles. The SMILES string of the molecule is C1=CC(CCc2ccccc2)C2OC(c3ccccc3)=CC2=C1CCOc1ccccc1. The van der Waals surface area contributed by atoms with Crippen molar-refractivity contribution >= 4 is 5.76 Å². The van der Waals surface area contributed by atoms with Gasteiger partial charge in [-0.05, 0) is 47.8 Å². The first-order valence-corrected chi connectivity index (χ1v) is 11.4. The highest BCUT2D eigenvalue weighted by atomic mass is 16.5. The number of ether oxygens (including phenoxy) is 2. The second-order valence-electron chi connectivity index (χ2n) is 8.35.